The molecule has 0 spiro atoms. The monoisotopic (exact) mass is 430 g/mol. The molecule has 4 rings (SSSR count). The molecular formula is C19H23BrN6O. The number of phenols is 1. The zero-order chi connectivity index (χ0) is 18.6. The minimum atomic E-state index is 0.182. The van der Waals surface area contributed by atoms with Gasteiger partial charge < -0.3 is 14.9 Å². The molecule has 2 aliphatic rings. The van der Waals surface area contributed by atoms with Gasteiger partial charge in [0.1, 0.15) is 11.6 Å². The third-order valence-electron chi connectivity index (χ3n) is 4.89. The number of phenolic OH excluding ortho intramolecular Hbond substituents is 1. The first-order chi connectivity index (χ1) is 13.2. The Kier molecular flexibility index (Phi) is 5.42. The van der Waals surface area contributed by atoms with Crippen LogP contribution >= 0.6 is 15.9 Å². The number of benzene rings is 1. The van der Waals surface area contributed by atoms with Crippen LogP contribution in [0.25, 0.3) is 0 Å². The van der Waals surface area contributed by atoms with E-state index < -0.39 is 0 Å². The van der Waals surface area contributed by atoms with Crippen LogP contribution in [0, 0.1) is 0 Å². The number of hydrogen-bond acceptors (Lipinski definition) is 7. The lowest BCUT2D eigenvalue weighted by Crippen LogP contribution is -2.24. The Labute approximate surface area is 167 Å². The summed E-state index contributed by atoms with van der Waals surface area (Å²) in [6, 6.07) is 7.18. The molecule has 1 aromatic carbocycles. The van der Waals surface area contributed by atoms with Crippen molar-refractivity contribution in [2.75, 3.05) is 41.4 Å². The maximum absolute atomic E-state index is 9.93. The topological polar surface area (TPSA) is 76.9 Å². The highest BCUT2D eigenvalue weighted by Crippen LogP contribution is 2.26. The summed E-state index contributed by atoms with van der Waals surface area (Å²) < 4.78 is 0.886. The van der Waals surface area contributed by atoms with Crippen molar-refractivity contribution in [1.82, 2.24) is 9.97 Å². The highest BCUT2D eigenvalue weighted by molar-refractivity contribution is 9.10. The second-order valence-corrected chi connectivity index (χ2v) is 7.79. The molecule has 0 atom stereocenters. The molecule has 142 valence electrons. The minimum Gasteiger partial charge on any atom is -0.507 e. The van der Waals surface area contributed by atoms with E-state index in [1.54, 1.807) is 18.3 Å². The average Bonchev–Trinajstić information content (AvgIpc) is 3.38. The number of aromatic nitrogens is 2. The number of rotatable bonds is 5. The molecule has 1 aromatic heterocycles. The molecule has 0 unspecified atom stereocenters. The summed E-state index contributed by atoms with van der Waals surface area (Å²) in [5.74, 6) is 2.56. The van der Waals surface area contributed by atoms with Crippen molar-refractivity contribution >= 4 is 39.7 Å². The van der Waals surface area contributed by atoms with Crippen LogP contribution in [-0.2, 0) is 0 Å². The van der Waals surface area contributed by atoms with E-state index in [2.05, 4.69) is 41.2 Å². The summed E-state index contributed by atoms with van der Waals surface area (Å²) in [5, 5.41) is 14.2. The van der Waals surface area contributed by atoms with Gasteiger partial charge in [-0.25, -0.2) is 0 Å². The van der Waals surface area contributed by atoms with Crippen molar-refractivity contribution in [1.29, 1.82) is 0 Å². The van der Waals surface area contributed by atoms with Gasteiger partial charge >= 0.3 is 0 Å². The summed E-state index contributed by atoms with van der Waals surface area (Å²) in [6.07, 6.45) is 6.35. The fraction of sp³-hybridized carbons (Fsp3) is 0.421. The zero-order valence-corrected chi connectivity index (χ0v) is 16.7. The van der Waals surface area contributed by atoms with E-state index >= 15 is 0 Å². The molecule has 7 nitrogen and oxygen atoms in total. The van der Waals surface area contributed by atoms with Gasteiger partial charge in [0.05, 0.1) is 6.21 Å². The molecule has 3 heterocycles. The smallest absolute Gasteiger partial charge is 0.229 e. The fourth-order valence-electron chi connectivity index (χ4n) is 3.44. The second-order valence-electron chi connectivity index (χ2n) is 6.87. The van der Waals surface area contributed by atoms with Gasteiger partial charge in [-0.2, -0.15) is 15.1 Å². The van der Waals surface area contributed by atoms with Crippen molar-refractivity contribution in [3.05, 3.63) is 34.3 Å². The maximum Gasteiger partial charge on any atom is 0.229 e. The van der Waals surface area contributed by atoms with E-state index in [9.17, 15) is 5.11 Å². The number of nitrogens with zero attached hydrogens (tertiary/aromatic N) is 5. The first-order valence-corrected chi connectivity index (χ1v) is 10.1. The van der Waals surface area contributed by atoms with Gasteiger partial charge in [-0.15, -0.1) is 0 Å². The highest BCUT2D eigenvalue weighted by Gasteiger charge is 2.20. The molecule has 0 bridgehead atoms. The number of halogens is 1. The van der Waals surface area contributed by atoms with Gasteiger partial charge in [-0.1, -0.05) is 15.9 Å². The number of hydrazone groups is 1. The average molecular weight is 431 g/mol. The Morgan fingerprint density at radius 3 is 2.44 bits per heavy atom. The molecule has 0 radical (unpaired) electrons. The van der Waals surface area contributed by atoms with Crippen LogP contribution in [0.1, 0.15) is 31.2 Å². The lowest BCUT2D eigenvalue weighted by molar-refractivity contribution is 0.474. The van der Waals surface area contributed by atoms with Gasteiger partial charge in [0.15, 0.2) is 5.82 Å². The van der Waals surface area contributed by atoms with Gasteiger partial charge in [0.25, 0.3) is 0 Å². The molecule has 27 heavy (non-hydrogen) atoms. The van der Waals surface area contributed by atoms with Crippen LogP contribution in [0.3, 0.4) is 0 Å². The van der Waals surface area contributed by atoms with Crippen molar-refractivity contribution in [3.8, 4) is 5.75 Å². The summed E-state index contributed by atoms with van der Waals surface area (Å²) in [6.45, 7) is 4.06. The second kappa shape index (κ2) is 8.12. The number of aromatic hydroxyl groups is 1. The van der Waals surface area contributed by atoms with Gasteiger partial charge in [0, 0.05) is 42.3 Å². The molecule has 2 aliphatic heterocycles. The first-order valence-electron chi connectivity index (χ1n) is 9.36. The highest BCUT2D eigenvalue weighted by atomic mass is 79.9. The Morgan fingerprint density at radius 1 is 1.00 bits per heavy atom. The standard InChI is InChI=1S/C19H23BrN6O/c20-15-5-6-16(27)14(11-15)13-21-24-17-12-18(25-7-1-2-8-25)23-19(22-17)26-9-3-4-10-26/h5-6,11-13,27H,1-4,7-10H2,(H,22,23,24)/b21-13-. The quantitative estimate of drug-likeness (QED) is 0.557. The Balaban J connectivity index is 1.56. The van der Waals surface area contributed by atoms with Crippen LogP contribution in [0.15, 0.2) is 33.8 Å². The SMILES string of the molecule is Oc1ccc(Br)cc1/C=N\Nc1cc(N2CCCC2)nc(N2CCCC2)n1. The summed E-state index contributed by atoms with van der Waals surface area (Å²) in [7, 11) is 0. The molecule has 2 aromatic rings. The first kappa shape index (κ1) is 18.0. The van der Waals surface area contributed by atoms with E-state index in [1.807, 2.05) is 12.1 Å². The molecule has 8 heteroatoms. The molecule has 2 N–H and O–H groups in total. The van der Waals surface area contributed by atoms with Gasteiger partial charge in [-0.3, -0.25) is 5.43 Å². The summed E-state index contributed by atoms with van der Waals surface area (Å²) in [5.41, 5.74) is 3.64. The van der Waals surface area contributed by atoms with Crippen LogP contribution < -0.4 is 15.2 Å². The van der Waals surface area contributed by atoms with E-state index in [1.165, 1.54) is 25.7 Å². The predicted molar refractivity (Wildman–Crippen MR) is 112 cm³/mol. The minimum absolute atomic E-state index is 0.182. The normalized spacial score (nSPS) is 17.2. The van der Waals surface area contributed by atoms with Crippen molar-refractivity contribution in [2.45, 2.75) is 25.7 Å². The Hall–Kier alpha value is -2.35. The predicted octanol–water partition coefficient (Wildman–Crippen LogP) is 3.59. The van der Waals surface area contributed by atoms with Crippen LogP contribution in [0.4, 0.5) is 17.6 Å². The van der Waals surface area contributed by atoms with E-state index in [-0.39, 0.29) is 5.75 Å². The zero-order valence-electron chi connectivity index (χ0n) is 15.1. The molecule has 0 saturated carbocycles. The number of hydrogen-bond donors (Lipinski definition) is 2. The van der Waals surface area contributed by atoms with Crippen LogP contribution in [0.5, 0.6) is 5.75 Å². The number of anilines is 3. The van der Waals surface area contributed by atoms with Gasteiger partial charge in [-0.05, 0) is 43.9 Å². The summed E-state index contributed by atoms with van der Waals surface area (Å²) in [4.78, 5) is 14.0. The Morgan fingerprint density at radius 2 is 1.70 bits per heavy atom. The maximum atomic E-state index is 9.93. The molecule has 2 fully saturated rings. The molecule has 2 saturated heterocycles. The Bertz CT molecular complexity index is 797. The van der Waals surface area contributed by atoms with Crippen molar-refractivity contribution in [3.63, 3.8) is 0 Å². The van der Waals surface area contributed by atoms with Crippen LogP contribution in [-0.4, -0.2) is 47.5 Å². The van der Waals surface area contributed by atoms with Crippen molar-refractivity contribution in [2.24, 2.45) is 5.10 Å². The molecular weight excluding hydrogens is 408 g/mol. The summed E-state index contributed by atoms with van der Waals surface area (Å²) >= 11 is 3.40. The van der Waals surface area contributed by atoms with E-state index in [0.29, 0.717) is 11.4 Å². The van der Waals surface area contributed by atoms with Crippen molar-refractivity contribution < 1.29 is 5.11 Å². The molecule has 0 amide bonds. The number of nitrogens with one attached hydrogen (secondary N) is 1. The fourth-order valence-corrected chi connectivity index (χ4v) is 3.82. The third-order valence-corrected chi connectivity index (χ3v) is 5.39. The third kappa shape index (κ3) is 4.32. The lowest BCUT2D eigenvalue weighted by atomic mass is 10.2. The van der Waals surface area contributed by atoms with E-state index in [4.69, 9.17) is 4.98 Å². The van der Waals surface area contributed by atoms with E-state index in [0.717, 1.165) is 42.4 Å². The molecule has 0 aliphatic carbocycles. The van der Waals surface area contributed by atoms with Gasteiger partial charge in [0.2, 0.25) is 5.95 Å². The largest absolute Gasteiger partial charge is 0.507 e. The lowest BCUT2D eigenvalue weighted by Gasteiger charge is -2.21. The van der Waals surface area contributed by atoms with Crippen LogP contribution in [0.2, 0.25) is 0 Å².